The van der Waals surface area contributed by atoms with Gasteiger partial charge in [-0.25, -0.2) is 9.18 Å². The molecule has 0 saturated carbocycles. The molecule has 3 rings (SSSR count). The highest BCUT2D eigenvalue weighted by Crippen LogP contribution is 2.28. The van der Waals surface area contributed by atoms with Gasteiger partial charge in [0.05, 0.1) is 16.8 Å². The third kappa shape index (κ3) is 5.08. The standard InChI is InChI=1S/C24H22FNO3/c1-24(2,3)29-23(28)19-14-13-17(16-9-5-4-6-10-16)15-21(19)26-22(27)18-11-7-8-12-20(18)25/h4-15H,1-3H3,(H,26,27). The van der Waals surface area contributed by atoms with Gasteiger partial charge in [-0.1, -0.05) is 48.5 Å². The molecule has 0 fully saturated rings. The molecule has 0 bridgehead atoms. The van der Waals surface area contributed by atoms with Crippen molar-refractivity contribution in [2.75, 3.05) is 5.32 Å². The van der Waals surface area contributed by atoms with E-state index in [-0.39, 0.29) is 16.8 Å². The second-order valence-corrected chi connectivity index (χ2v) is 7.56. The van der Waals surface area contributed by atoms with E-state index in [1.165, 1.54) is 18.2 Å². The highest BCUT2D eigenvalue weighted by Gasteiger charge is 2.22. The number of esters is 1. The van der Waals surface area contributed by atoms with Gasteiger partial charge in [0.15, 0.2) is 0 Å². The molecule has 0 radical (unpaired) electrons. The van der Waals surface area contributed by atoms with Gasteiger partial charge >= 0.3 is 5.97 Å². The van der Waals surface area contributed by atoms with Crippen LogP contribution < -0.4 is 5.32 Å². The summed E-state index contributed by atoms with van der Waals surface area (Å²) in [4.78, 5) is 25.3. The van der Waals surface area contributed by atoms with Crippen LogP contribution in [0.1, 0.15) is 41.5 Å². The summed E-state index contributed by atoms with van der Waals surface area (Å²) in [6.45, 7) is 5.29. The molecule has 0 aliphatic carbocycles. The first-order valence-corrected chi connectivity index (χ1v) is 9.23. The highest BCUT2D eigenvalue weighted by atomic mass is 19.1. The largest absolute Gasteiger partial charge is 0.456 e. The summed E-state index contributed by atoms with van der Waals surface area (Å²) in [5.41, 5.74) is 1.39. The Morgan fingerprint density at radius 3 is 2.14 bits per heavy atom. The second-order valence-electron chi connectivity index (χ2n) is 7.56. The van der Waals surface area contributed by atoms with Gasteiger partial charge in [-0.05, 0) is 56.2 Å². The van der Waals surface area contributed by atoms with E-state index in [9.17, 15) is 14.0 Å². The zero-order chi connectivity index (χ0) is 21.0. The van der Waals surface area contributed by atoms with Crippen LogP contribution >= 0.6 is 0 Å². The fourth-order valence-electron chi connectivity index (χ4n) is 2.80. The summed E-state index contributed by atoms with van der Waals surface area (Å²) >= 11 is 0. The van der Waals surface area contributed by atoms with E-state index in [0.29, 0.717) is 0 Å². The number of nitrogens with one attached hydrogen (secondary N) is 1. The molecule has 0 spiro atoms. The van der Waals surface area contributed by atoms with Crippen molar-refractivity contribution in [3.63, 3.8) is 0 Å². The maximum Gasteiger partial charge on any atom is 0.340 e. The molecule has 0 atom stereocenters. The van der Waals surface area contributed by atoms with Gasteiger partial charge in [-0.3, -0.25) is 4.79 Å². The number of anilines is 1. The number of ether oxygens (including phenoxy) is 1. The third-order valence-corrected chi connectivity index (χ3v) is 4.11. The first-order chi connectivity index (χ1) is 13.7. The fourth-order valence-corrected chi connectivity index (χ4v) is 2.80. The molecule has 148 valence electrons. The lowest BCUT2D eigenvalue weighted by Crippen LogP contribution is -2.25. The van der Waals surface area contributed by atoms with E-state index in [1.54, 1.807) is 45.0 Å². The monoisotopic (exact) mass is 391 g/mol. The van der Waals surface area contributed by atoms with Crippen molar-refractivity contribution in [2.24, 2.45) is 0 Å². The Bertz CT molecular complexity index is 1040. The summed E-state index contributed by atoms with van der Waals surface area (Å²) < 4.78 is 19.5. The third-order valence-electron chi connectivity index (χ3n) is 4.11. The number of amides is 1. The topological polar surface area (TPSA) is 55.4 Å². The van der Waals surface area contributed by atoms with Gasteiger partial charge in [0, 0.05) is 0 Å². The van der Waals surface area contributed by atoms with Crippen molar-refractivity contribution in [2.45, 2.75) is 26.4 Å². The van der Waals surface area contributed by atoms with Crippen molar-refractivity contribution >= 4 is 17.6 Å². The zero-order valence-corrected chi connectivity index (χ0v) is 16.5. The van der Waals surface area contributed by atoms with E-state index in [2.05, 4.69) is 5.32 Å². The minimum Gasteiger partial charge on any atom is -0.456 e. The second kappa shape index (κ2) is 8.27. The van der Waals surface area contributed by atoms with Crippen LogP contribution in [0.5, 0.6) is 0 Å². The quantitative estimate of drug-likeness (QED) is 0.581. The molecule has 1 amide bonds. The van der Waals surface area contributed by atoms with Crippen LogP contribution in [0.15, 0.2) is 72.8 Å². The molecule has 29 heavy (non-hydrogen) atoms. The number of halogens is 1. The molecule has 5 heteroatoms. The summed E-state index contributed by atoms with van der Waals surface area (Å²) in [5.74, 6) is -1.85. The molecule has 1 N–H and O–H groups in total. The lowest BCUT2D eigenvalue weighted by molar-refractivity contribution is 0.00708. The van der Waals surface area contributed by atoms with Crippen molar-refractivity contribution in [3.05, 3.63) is 89.7 Å². The minimum atomic E-state index is -0.692. The Morgan fingerprint density at radius 1 is 0.828 bits per heavy atom. The molecule has 3 aromatic carbocycles. The predicted octanol–water partition coefficient (Wildman–Crippen LogP) is 5.70. The van der Waals surface area contributed by atoms with Gasteiger partial charge in [0.1, 0.15) is 11.4 Å². The molecule has 0 heterocycles. The molecular formula is C24H22FNO3. The first-order valence-electron chi connectivity index (χ1n) is 9.23. The van der Waals surface area contributed by atoms with Crippen LogP contribution in [0.25, 0.3) is 11.1 Å². The van der Waals surface area contributed by atoms with Crippen molar-refractivity contribution in [1.82, 2.24) is 0 Å². The molecule has 0 saturated heterocycles. The predicted molar refractivity (Wildman–Crippen MR) is 111 cm³/mol. The van der Waals surface area contributed by atoms with Crippen LogP contribution in [0, 0.1) is 5.82 Å². The van der Waals surface area contributed by atoms with Crippen molar-refractivity contribution < 1.29 is 18.7 Å². The molecule has 0 aliphatic rings. The number of rotatable bonds is 4. The lowest BCUT2D eigenvalue weighted by Gasteiger charge is -2.21. The number of hydrogen-bond acceptors (Lipinski definition) is 3. The average molecular weight is 391 g/mol. The van der Waals surface area contributed by atoms with Crippen LogP contribution in [-0.2, 0) is 4.74 Å². The van der Waals surface area contributed by atoms with Gasteiger partial charge in [-0.2, -0.15) is 0 Å². The Labute approximate surface area is 169 Å². The number of hydrogen-bond donors (Lipinski definition) is 1. The summed E-state index contributed by atoms with van der Waals surface area (Å²) in [5, 5.41) is 2.66. The summed E-state index contributed by atoms with van der Waals surface area (Å²) in [6.07, 6.45) is 0. The van der Waals surface area contributed by atoms with Crippen LogP contribution in [0.2, 0.25) is 0 Å². The number of carbonyl (C=O) groups excluding carboxylic acids is 2. The Morgan fingerprint density at radius 2 is 1.48 bits per heavy atom. The summed E-state index contributed by atoms with van der Waals surface area (Å²) in [6, 6.07) is 20.3. The Kier molecular flexibility index (Phi) is 5.78. The molecular weight excluding hydrogens is 369 g/mol. The van der Waals surface area contributed by atoms with E-state index >= 15 is 0 Å². The van der Waals surface area contributed by atoms with Crippen molar-refractivity contribution in [1.29, 1.82) is 0 Å². The SMILES string of the molecule is CC(C)(C)OC(=O)c1ccc(-c2ccccc2)cc1NC(=O)c1ccccc1F. The maximum absolute atomic E-state index is 14.0. The van der Waals surface area contributed by atoms with Gasteiger partial charge in [0.2, 0.25) is 0 Å². The van der Waals surface area contributed by atoms with Gasteiger partial charge in [0.25, 0.3) is 5.91 Å². The average Bonchev–Trinajstić information content (AvgIpc) is 2.67. The molecule has 3 aromatic rings. The van der Waals surface area contributed by atoms with Crippen molar-refractivity contribution in [3.8, 4) is 11.1 Å². The first kappa shape index (κ1) is 20.3. The smallest absolute Gasteiger partial charge is 0.340 e. The molecule has 0 aliphatic heterocycles. The van der Waals surface area contributed by atoms with E-state index < -0.39 is 23.3 Å². The van der Waals surface area contributed by atoms with E-state index in [1.807, 2.05) is 30.3 Å². The fraction of sp³-hybridized carbons (Fsp3) is 0.167. The van der Waals surface area contributed by atoms with Crippen LogP contribution in [0.3, 0.4) is 0 Å². The molecule has 0 aromatic heterocycles. The molecule has 4 nitrogen and oxygen atoms in total. The maximum atomic E-state index is 14.0. The van der Waals surface area contributed by atoms with Crippen LogP contribution in [-0.4, -0.2) is 17.5 Å². The van der Waals surface area contributed by atoms with E-state index in [0.717, 1.165) is 11.1 Å². The lowest BCUT2D eigenvalue weighted by atomic mass is 10.0. The Hall–Kier alpha value is -3.47. The minimum absolute atomic E-state index is 0.104. The number of benzene rings is 3. The number of carbonyl (C=O) groups is 2. The van der Waals surface area contributed by atoms with E-state index in [4.69, 9.17) is 4.74 Å². The Balaban J connectivity index is 2.01. The zero-order valence-electron chi connectivity index (χ0n) is 16.5. The van der Waals surface area contributed by atoms with Crippen LogP contribution in [0.4, 0.5) is 10.1 Å². The summed E-state index contributed by atoms with van der Waals surface area (Å²) in [7, 11) is 0. The highest BCUT2D eigenvalue weighted by molar-refractivity contribution is 6.08. The molecule has 0 unspecified atom stereocenters. The van der Waals surface area contributed by atoms with Gasteiger partial charge in [-0.15, -0.1) is 0 Å². The van der Waals surface area contributed by atoms with Gasteiger partial charge < -0.3 is 10.1 Å². The normalized spacial score (nSPS) is 11.0.